The summed E-state index contributed by atoms with van der Waals surface area (Å²) in [5.74, 6) is -0.936. The molecule has 32 heavy (non-hydrogen) atoms. The van der Waals surface area contributed by atoms with Crippen LogP contribution in [0.3, 0.4) is 0 Å². The number of aromatic nitrogens is 2. The Labute approximate surface area is 186 Å². The van der Waals surface area contributed by atoms with E-state index in [0.29, 0.717) is 37.3 Å². The average Bonchev–Trinajstić information content (AvgIpc) is 2.96. The molecule has 1 N–H and O–H groups in total. The molecule has 1 fully saturated rings. The minimum atomic E-state index is -0.409. The first kappa shape index (κ1) is 21.6. The molecule has 0 aliphatic carbocycles. The fourth-order valence-electron chi connectivity index (χ4n) is 4.17. The average molecular weight is 432 g/mol. The van der Waals surface area contributed by atoms with Gasteiger partial charge in [-0.1, -0.05) is 30.3 Å². The van der Waals surface area contributed by atoms with Gasteiger partial charge in [-0.2, -0.15) is 0 Å². The largest absolute Gasteiger partial charge is 0.354 e. The number of hydrogen-bond donors (Lipinski definition) is 1. The molecule has 0 saturated carbocycles. The second-order valence-corrected chi connectivity index (χ2v) is 8.08. The summed E-state index contributed by atoms with van der Waals surface area (Å²) in [4.78, 5) is 35.7. The van der Waals surface area contributed by atoms with Gasteiger partial charge in [-0.3, -0.25) is 9.59 Å². The van der Waals surface area contributed by atoms with Gasteiger partial charge in [0.1, 0.15) is 12.1 Å². The summed E-state index contributed by atoms with van der Waals surface area (Å²) in [6.07, 6.45) is 3.40. The lowest BCUT2D eigenvalue weighted by atomic mass is 9.90. The van der Waals surface area contributed by atoms with E-state index in [1.165, 1.54) is 24.7 Å². The number of carbonyl (C=O) groups excluding carboxylic acids is 2. The van der Waals surface area contributed by atoms with Crippen LogP contribution >= 0.6 is 0 Å². The van der Waals surface area contributed by atoms with Crippen LogP contribution in [0.2, 0.25) is 0 Å². The van der Waals surface area contributed by atoms with Crippen LogP contribution in [-0.2, 0) is 11.2 Å². The Morgan fingerprint density at radius 1 is 1.19 bits per heavy atom. The van der Waals surface area contributed by atoms with E-state index in [2.05, 4.69) is 15.3 Å². The van der Waals surface area contributed by atoms with Gasteiger partial charge in [0.2, 0.25) is 5.91 Å². The fourth-order valence-corrected chi connectivity index (χ4v) is 4.17. The zero-order valence-corrected chi connectivity index (χ0v) is 18.1. The minimum Gasteiger partial charge on any atom is -0.354 e. The Bertz CT molecular complexity index is 1160. The van der Waals surface area contributed by atoms with Crippen LogP contribution in [0, 0.1) is 25.6 Å². The number of nitrogens with zero attached hydrogens (tertiary/aromatic N) is 3. The molecule has 2 amide bonds. The molecular weight excluding hydrogens is 407 g/mol. The summed E-state index contributed by atoms with van der Waals surface area (Å²) in [6, 6.07) is 12.6. The van der Waals surface area contributed by atoms with Crippen LogP contribution in [0.25, 0.3) is 11.1 Å². The third-order valence-corrected chi connectivity index (χ3v) is 5.88. The van der Waals surface area contributed by atoms with Crippen molar-refractivity contribution in [2.75, 3.05) is 19.6 Å². The molecule has 0 bridgehead atoms. The van der Waals surface area contributed by atoms with E-state index in [1.54, 1.807) is 17.9 Å². The molecule has 0 spiro atoms. The van der Waals surface area contributed by atoms with Gasteiger partial charge < -0.3 is 10.2 Å². The number of amides is 2. The lowest BCUT2D eigenvalue weighted by Crippen LogP contribution is -2.37. The lowest BCUT2D eigenvalue weighted by molar-refractivity contribution is -0.124. The molecule has 0 radical (unpaired) electrons. The summed E-state index contributed by atoms with van der Waals surface area (Å²) in [6.45, 7) is 4.77. The standard InChI is InChI=1S/C25H25FN4O2/c1-16-11-20(26)7-8-21(16)22-6-4-3-5-18(22)12-19-14-30(10-9-28-24(19)31)25(32)23-13-27-15-29-17(23)2/h3-8,11,13,15,19H,9-10,12,14H2,1-2H3,(H,28,31). The van der Waals surface area contributed by atoms with Gasteiger partial charge >= 0.3 is 0 Å². The van der Waals surface area contributed by atoms with E-state index in [9.17, 15) is 14.0 Å². The number of aryl methyl sites for hydroxylation is 2. The van der Waals surface area contributed by atoms with Crippen molar-refractivity contribution in [3.05, 3.63) is 83.2 Å². The Hall–Kier alpha value is -3.61. The number of halogens is 1. The van der Waals surface area contributed by atoms with Gasteiger partial charge in [0.25, 0.3) is 5.91 Å². The van der Waals surface area contributed by atoms with Gasteiger partial charge in [0.15, 0.2) is 0 Å². The second-order valence-electron chi connectivity index (χ2n) is 8.08. The van der Waals surface area contributed by atoms with E-state index >= 15 is 0 Å². The number of benzene rings is 2. The highest BCUT2D eigenvalue weighted by atomic mass is 19.1. The molecule has 1 aliphatic rings. The van der Waals surface area contributed by atoms with Crippen LogP contribution < -0.4 is 5.32 Å². The molecule has 1 atom stereocenters. The van der Waals surface area contributed by atoms with Crippen molar-refractivity contribution in [2.45, 2.75) is 20.3 Å². The lowest BCUT2D eigenvalue weighted by Gasteiger charge is -2.24. The van der Waals surface area contributed by atoms with Crippen molar-refractivity contribution in [3.8, 4) is 11.1 Å². The maximum absolute atomic E-state index is 13.6. The molecule has 4 rings (SSSR count). The summed E-state index contributed by atoms with van der Waals surface area (Å²) < 4.78 is 13.6. The smallest absolute Gasteiger partial charge is 0.257 e. The van der Waals surface area contributed by atoms with Crippen molar-refractivity contribution < 1.29 is 14.0 Å². The monoisotopic (exact) mass is 432 g/mol. The van der Waals surface area contributed by atoms with Gasteiger partial charge in [-0.05, 0) is 54.7 Å². The predicted octanol–water partition coefficient (Wildman–Crippen LogP) is 3.33. The molecule has 7 heteroatoms. The molecule has 2 aromatic carbocycles. The predicted molar refractivity (Wildman–Crippen MR) is 119 cm³/mol. The van der Waals surface area contributed by atoms with Crippen LogP contribution in [0.15, 0.2) is 55.0 Å². The fraction of sp³-hybridized carbons (Fsp3) is 0.280. The first-order chi connectivity index (χ1) is 15.4. The van der Waals surface area contributed by atoms with E-state index in [0.717, 1.165) is 22.3 Å². The van der Waals surface area contributed by atoms with E-state index in [-0.39, 0.29) is 17.6 Å². The highest BCUT2D eigenvalue weighted by molar-refractivity contribution is 5.95. The van der Waals surface area contributed by atoms with Crippen molar-refractivity contribution in [1.29, 1.82) is 0 Å². The Balaban J connectivity index is 1.61. The SMILES string of the molecule is Cc1cc(F)ccc1-c1ccccc1CC1CN(C(=O)c2cncnc2C)CCNC1=O. The zero-order chi connectivity index (χ0) is 22.7. The van der Waals surface area contributed by atoms with E-state index < -0.39 is 5.92 Å². The van der Waals surface area contributed by atoms with E-state index in [4.69, 9.17) is 0 Å². The van der Waals surface area contributed by atoms with Crippen molar-refractivity contribution in [3.63, 3.8) is 0 Å². The Morgan fingerprint density at radius 2 is 2.00 bits per heavy atom. The number of carbonyl (C=O) groups is 2. The summed E-state index contributed by atoms with van der Waals surface area (Å²) in [5, 5.41) is 2.93. The number of rotatable bonds is 4. The maximum atomic E-state index is 13.6. The molecule has 3 aromatic rings. The van der Waals surface area contributed by atoms with Crippen LogP contribution in [0.5, 0.6) is 0 Å². The Morgan fingerprint density at radius 3 is 2.78 bits per heavy atom. The van der Waals surface area contributed by atoms with Crippen molar-refractivity contribution in [1.82, 2.24) is 20.2 Å². The van der Waals surface area contributed by atoms with Gasteiger partial charge in [0, 0.05) is 25.8 Å². The van der Waals surface area contributed by atoms with Gasteiger partial charge in [-0.25, -0.2) is 14.4 Å². The molecule has 164 valence electrons. The number of nitrogens with one attached hydrogen (secondary N) is 1. The zero-order valence-electron chi connectivity index (χ0n) is 18.1. The van der Waals surface area contributed by atoms with Gasteiger partial charge in [-0.15, -0.1) is 0 Å². The molecule has 1 unspecified atom stereocenters. The third-order valence-electron chi connectivity index (χ3n) is 5.88. The molecule has 2 heterocycles. The molecule has 6 nitrogen and oxygen atoms in total. The first-order valence-corrected chi connectivity index (χ1v) is 10.6. The molecule has 1 aliphatic heterocycles. The molecular formula is C25H25FN4O2. The third kappa shape index (κ3) is 4.51. The second kappa shape index (κ2) is 9.26. The Kier molecular flexibility index (Phi) is 6.25. The maximum Gasteiger partial charge on any atom is 0.257 e. The normalized spacial score (nSPS) is 16.4. The quantitative estimate of drug-likeness (QED) is 0.686. The van der Waals surface area contributed by atoms with Crippen molar-refractivity contribution >= 4 is 11.8 Å². The highest BCUT2D eigenvalue weighted by Crippen LogP contribution is 2.29. The van der Waals surface area contributed by atoms with Crippen LogP contribution in [0.4, 0.5) is 4.39 Å². The van der Waals surface area contributed by atoms with Gasteiger partial charge in [0.05, 0.1) is 17.2 Å². The van der Waals surface area contributed by atoms with E-state index in [1.807, 2.05) is 31.2 Å². The minimum absolute atomic E-state index is 0.0769. The topological polar surface area (TPSA) is 75.2 Å². The summed E-state index contributed by atoms with van der Waals surface area (Å²) >= 11 is 0. The van der Waals surface area contributed by atoms with Crippen molar-refractivity contribution in [2.24, 2.45) is 5.92 Å². The summed E-state index contributed by atoms with van der Waals surface area (Å²) in [7, 11) is 0. The molecule has 1 saturated heterocycles. The highest BCUT2D eigenvalue weighted by Gasteiger charge is 2.29. The summed E-state index contributed by atoms with van der Waals surface area (Å²) in [5.41, 5.74) is 4.77. The first-order valence-electron chi connectivity index (χ1n) is 10.6. The van der Waals surface area contributed by atoms with Crippen LogP contribution in [-0.4, -0.2) is 46.3 Å². The molecule has 1 aromatic heterocycles. The van der Waals surface area contributed by atoms with Crippen LogP contribution in [0.1, 0.15) is 27.2 Å². The number of hydrogen-bond acceptors (Lipinski definition) is 4.